The Hall–Kier alpha value is -2.44. The Bertz CT molecular complexity index is 715. The molecule has 3 atom stereocenters. The monoisotopic (exact) mass is 390 g/mol. The molecule has 0 unspecified atom stereocenters. The van der Waals surface area contributed by atoms with Gasteiger partial charge in [-0.25, -0.2) is 0 Å². The van der Waals surface area contributed by atoms with Gasteiger partial charge in [-0.2, -0.15) is 0 Å². The van der Waals surface area contributed by atoms with E-state index in [0.29, 0.717) is 13.0 Å². The molecule has 3 rings (SSSR count). The highest BCUT2D eigenvalue weighted by Crippen LogP contribution is 2.52. The fourth-order valence-electron chi connectivity index (χ4n) is 4.87. The van der Waals surface area contributed by atoms with Crippen LogP contribution in [0.3, 0.4) is 0 Å². The second-order valence-electron chi connectivity index (χ2n) is 7.52. The van der Waals surface area contributed by atoms with Gasteiger partial charge in [0, 0.05) is 23.5 Å². The van der Waals surface area contributed by atoms with Crippen molar-refractivity contribution in [2.45, 2.75) is 71.9 Å². The van der Waals surface area contributed by atoms with Gasteiger partial charge in [0.05, 0.1) is 18.4 Å². The van der Waals surface area contributed by atoms with Crippen molar-refractivity contribution >= 4 is 18.3 Å². The molecule has 7 nitrogen and oxygen atoms in total. The van der Waals surface area contributed by atoms with E-state index in [9.17, 15) is 9.59 Å². The molecule has 0 aromatic carbocycles. The third-order valence-corrected chi connectivity index (χ3v) is 5.84. The van der Waals surface area contributed by atoms with Gasteiger partial charge in [-0.15, -0.1) is 0 Å². The van der Waals surface area contributed by atoms with Gasteiger partial charge in [0.1, 0.15) is 0 Å². The predicted octanol–water partition coefficient (Wildman–Crippen LogP) is 2.66. The topological polar surface area (TPSA) is 96.8 Å². The van der Waals surface area contributed by atoms with E-state index in [2.05, 4.69) is 4.98 Å². The van der Waals surface area contributed by atoms with Crippen molar-refractivity contribution in [3.8, 4) is 0 Å². The number of carboxylic acid groups (broad SMARTS) is 1. The first-order valence-electron chi connectivity index (χ1n) is 9.83. The van der Waals surface area contributed by atoms with Crippen molar-refractivity contribution < 1.29 is 24.2 Å². The maximum atomic E-state index is 13.0. The average Bonchev–Trinajstić information content (AvgIpc) is 3.18. The number of rotatable bonds is 5. The van der Waals surface area contributed by atoms with Gasteiger partial charge in [-0.1, -0.05) is 6.92 Å². The number of aromatic nitrogens is 1. The summed E-state index contributed by atoms with van der Waals surface area (Å²) in [6.07, 6.45) is 3.74. The minimum atomic E-state index is -0.515. The van der Waals surface area contributed by atoms with Crippen LogP contribution in [0.1, 0.15) is 56.5 Å². The molecule has 28 heavy (non-hydrogen) atoms. The first-order chi connectivity index (χ1) is 13.3. The molecule has 1 amide bonds. The lowest BCUT2D eigenvalue weighted by atomic mass is 9.72. The SMILES string of the molecule is CCOC(=O)[C@@]1(CC)C[C@H]2CC[C@@H]1N2C(=O)Cc1cc(C)nc(C)c1.O=CO. The first-order valence-corrected chi connectivity index (χ1v) is 9.83. The highest BCUT2D eigenvalue weighted by Gasteiger charge is 2.60. The van der Waals surface area contributed by atoms with Crippen molar-refractivity contribution in [3.05, 3.63) is 29.1 Å². The van der Waals surface area contributed by atoms with Crippen LogP contribution >= 0.6 is 0 Å². The fourth-order valence-corrected chi connectivity index (χ4v) is 4.87. The molecule has 1 aromatic rings. The molecule has 0 saturated carbocycles. The zero-order valence-corrected chi connectivity index (χ0v) is 17.1. The Morgan fingerprint density at radius 1 is 1.29 bits per heavy atom. The summed E-state index contributed by atoms with van der Waals surface area (Å²) in [6.45, 7) is 7.91. The molecule has 154 valence electrons. The smallest absolute Gasteiger partial charge is 0.314 e. The summed E-state index contributed by atoms with van der Waals surface area (Å²) in [5, 5.41) is 6.89. The zero-order chi connectivity index (χ0) is 20.9. The normalized spacial score (nSPS) is 25.1. The highest BCUT2D eigenvalue weighted by atomic mass is 16.5. The number of hydrogen-bond donors (Lipinski definition) is 1. The van der Waals surface area contributed by atoms with Gasteiger partial charge < -0.3 is 14.7 Å². The number of esters is 1. The van der Waals surface area contributed by atoms with Crippen LogP contribution < -0.4 is 0 Å². The molecule has 2 saturated heterocycles. The van der Waals surface area contributed by atoms with Crippen LogP contribution in [0, 0.1) is 19.3 Å². The van der Waals surface area contributed by atoms with Gasteiger partial charge in [-0.05, 0) is 64.2 Å². The van der Waals surface area contributed by atoms with E-state index < -0.39 is 5.41 Å². The van der Waals surface area contributed by atoms with Gasteiger partial charge in [0.15, 0.2) is 0 Å². The lowest BCUT2D eigenvalue weighted by molar-refractivity contribution is -0.158. The molecule has 0 aliphatic carbocycles. The second kappa shape index (κ2) is 9.17. The predicted molar refractivity (Wildman–Crippen MR) is 104 cm³/mol. The van der Waals surface area contributed by atoms with Crippen LogP contribution in [0.2, 0.25) is 0 Å². The molecule has 1 N–H and O–H groups in total. The van der Waals surface area contributed by atoms with Gasteiger partial charge in [-0.3, -0.25) is 19.4 Å². The third kappa shape index (κ3) is 4.18. The molecule has 0 radical (unpaired) electrons. The number of carbonyl (C=O) groups is 3. The van der Waals surface area contributed by atoms with Gasteiger partial charge >= 0.3 is 5.97 Å². The van der Waals surface area contributed by atoms with Crippen LogP contribution in [-0.2, 0) is 25.5 Å². The van der Waals surface area contributed by atoms with Crippen LogP contribution in [0.5, 0.6) is 0 Å². The van der Waals surface area contributed by atoms with Crippen LogP contribution in [0.4, 0.5) is 0 Å². The van der Waals surface area contributed by atoms with E-state index >= 15 is 0 Å². The van der Waals surface area contributed by atoms with Crippen molar-refractivity contribution in [2.75, 3.05) is 6.61 Å². The number of carbonyl (C=O) groups excluding carboxylic acids is 2. The summed E-state index contributed by atoms with van der Waals surface area (Å²) in [7, 11) is 0. The molecule has 7 heteroatoms. The summed E-state index contributed by atoms with van der Waals surface area (Å²) >= 11 is 0. The molecule has 2 fully saturated rings. The number of fused-ring (bicyclic) bond motifs is 2. The average molecular weight is 390 g/mol. The van der Waals surface area contributed by atoms with E-state index in [0.717, 1.165) is 42.6 Å². The lowest BCUT2D eigenvalue weighted by Gasteiger charge is -2.34. The summed E-state index contributed by atoms with van der Waals surface area (Å²) < 4.78 is 5.37. The maximum Gasteiger partial charge on any atom is 0.314 e. The Morgan fingerprint density at radius 3 is 2.43 bits per heavy atom. The summed E-state index contributed by atoms with van der Waals surface area (Å²) in [5.41, 5.74) is 2.35. The number of aryl methyl sites for hydroxylation is 2. The van der Waals surface area contributed by atoms with E-state index in [4.69, 9.17) is 14.6 Å². The van der Waals surface area contributed by atoms with Crippen molar-refractivity contribution in [1.29, 1.82) is 0 Å². The highest BCUT2D eigenvalue weighted by molar-refractivity contribution is 5.84. The Labute approximate surface area is 166 Å². The minimum absolute atomic E-state index is 0.0157. The number of nitrogens with zero attached hydrogens (tertiary/aromatic N) is 2. The second-order valence-corrected chi connectivity index (χ2v) is 7.52. The van der Waals surface area contributed by atoms with Crippen LogP contribution in [0.25, 0.3) is 0 Å². The van der Waals surface area contributed by atoms with Crippen molar-refractivity contribution in [3.63, 3.8) is 0 Å². The fraction of sp³-hybridized carbons (Fsp3) is 0.619. The Kier molecular flexibility index (Phi) is 7.16. The number of hydrogen-bond acceptors (Lipinski definition) is 5. The van der Waals surface area contributed by atoms with E-state index in [-0.39, 0.29) is 30.4 Å². The lowest BCUT2D eigenvalue weighted by Crippen LogP contribution is -2.46. The molecule has 2 bridgehead atoms. The van der Waals surface area contributed by atoms with E-state index in [1.807, 2.05) is 44.7 Å². The Morgan fingerprint density at radius 2 is 1.89 bits per heavy atom. The summed E-state index contributed by atoms with van der Waals surface area (Å²) in [6, 6.07) is 4.10. The Balaban J connectivity index is 0.000000878. The maximum absolute atomic E-state index is 13.0. The van der Waals surface area contributed by atoms with Crippen LogP contribution in [-0.4, -0.2) is 52.0 Å². The molecule has 0 spiro atoms. The quantitative estimate of drug-likeness (QED) is 0.613. The minimum Gasteiger partial charge on any atom is -0.483 e. The zero-order valence-electron chi connectivity index (χ0n) is 17.1. The first kappa shape index (κ1) is 21.9. The summed E-state index contributed by atoms with van der Waals surface area (Å²) in [4.78, 5) is 40.4. The molecule has 3 heterocycles. The molecule has 2 aliphatic rings. The molecule has 1 aromatic heterocycles. The van der Waals surface area contributed by atoms with Gasteiger partial charge in [0.2, 0.25) is 5.91 Å². The largest absolute Gasteiger partial charge is 0.483 e. The van der Waals surface area contributed by atoms with Crippen LogP contribution in [0.15, 0.2) is 12.1 Å². The number of ether oxygens (including phenoxy) is 1. The third-order valence-electron chi connectivity index (χ3n) is 5.84. The van der Waals surface area contributed by atoms with Gasteiger partial charge in [0.25, 0.3) is 6.47 Å². The molecule has 2 aliphatic heterocycles. The van der Waals surface area contributed by atoms with Crippen molar-refractivity contribution in [2.24, 2.45) is 5.41 Å². The summed E-state index contributed by atoms with van der Waals surface area (Å²) in [5.74, 6) is -0.00442. The molecular weight excluding hydrogens is 360 g/mol. The van der Waals surface area contributed by atoms with E-state index in [1.54, 1.807) is 0 Å². The molecular formula is C21H30N2O5. The standard InChI is InChI=1S/C20H28N2O3.CH2O2/c1-5-20(19(24)25-6-2)12-16-7-8-17(20)22(16)18(23)11-15-9-13(3)21-14(4)10-15;2-1-3/h9-10,16-17H,5-8,11-12H2,1-4H3;1H,(H,2,3)/t16-,17+,20+;/m1./s1. The number of amides is 1. The number of pyridine rings is 1. The van der Waals surface area contributed by atoms with E-state index in [1.165, 1.54) is 0 Å². The van der Waals surface area contributed by atoms with Crippen molar-refractivity contribution in [1.82, 2.24) is 9.88 Å².